The van der Waals surface area contributed by atoms with Gasteiger partial charge in [0.2, 0.25) is 5.89 Å². The summed E-state index contributed by atoms with van der Waals surface area (Å²) in [4.78, 5) is 4.08. The largest absolute Gasteiger partial charge is 0.382 e. The van der Waals surface area contributed by atoms with Crippen LogP contribution in [0.3, 0.4) is 0 Å². The van der Waals surface area contributed by atoms with Gasteiger partial charge in [0.25, 0.3) is 0 Å². The Morgan fingerprint density at radius 1 is 1.44 bits per heavy atom. The molecule has 0 N–H and O–H groups in total. The molecule has 0 radical (unpaired) electrons. The van der Waals surface area contributed by atoms with Crippen molar-refractivity contribution >= 4 is 0 Å². The summed E-state index contributed by atoms with van der Waals surface area (Å²) in [7, 11) is 1.60. The van der Waals surface area contributed by atoms with Gasteiger partial charge < -0.3 is 14.0 Å². The Morgan fingerprint density at radius 2 is 2.19 bits per heavy atom. The third kappa shape index (κ3) is 3.29. The number of hydrogen-bond donors (Lipinski definition) is 0. The fraction of sp³-hybridized carbons (Fsp3) is 0.700. The van der Waals surface area contributed by atoms with Gasteiger partial charge in [-0.05, 0) is 13.8 Å². The molecular weight excluding hydrogens is 210 g/mol. The van der Waals surface area contributed by atoms with Crippen LogP contribution in [0.2, 0.25) is 0 Å². The smallest absolute Gasteiger partial charge is 0.246 e. The molecule has 0 unspecified atom stereocenters. The number of rotatable bonds is 6. The highest BCUT2D eigenvalue weighted by molar-refractivity contribution is 5.13. The molecule has 0 fully saturated rings. The topological polar surface area (TPSA) is 81.2 Å². The standard InChI is InChI=1S/C10H15N3O3/c1-10(2,7-11)9-12-8(13-16-9)6-15-5-4-14-3/h4-6H2,1-3H3. The maximum Gasteiger partial charge on any atom is 0.246 e. The first kappa shape index (κ1) is 12.6. The van der Waals surface area contributed by atoms with Crippen LogP contribution < -0.4 is 0 Å². The van der Waals surface area contributed by atoms with Crippen molar-refractivity contribution in [3.63, 3.8) is 0 Å². The van der Waals surface area contributed by atoms with Gasteiger partial charge in [-0.25, -0.2) is 0 Å². The second kappa shape index (κ2) is 5.58. The predicted octanol–water partition coefficient (Wildman–Crippen LogP) is 1.03. The Bertz CT molecular complexity index is 368. The molecule has 1 aromatic rings. The van der Waals surface area contributed by atoms with Gasteiger partial charge in [-0.15, -0.1) is 0 Å². The number of ether oxygens (including phenoxy) is 2. The molecule has 1 aromatic heterocycles. The Hall–Kier alpha value is -1.45. The van der Waals surface area contributed by atoms with E-state index < -0.39 is 5.41 Å². The molecule has 0 spiro atoms. The van der Waals surface area contributed by atoms with Gasteiger partial charge in [0.1, 0.15) is 12.0 Å². The van der Waals surface area contributed by atoms with Gasteiger partial charge in [-0.3, -0.25) is 0 Å². The Morgan fingerprint density at radius 3 is 2.81 bits per heavy atom. The van der Waals surface area contributed by atoms with Crippen LogP contribution in [0.5, 0.6) is 0 Å². The molecular formula is C10H15N3O3. The lowest BCUT2D eigenvalue weighted by Crippen LogP contribution is -2.14. The molecule has 6 nitrogen and oxygen atoms in total. The SMILES string of the molecule is COCCOCc1noc(C(C)(C)C#N)n1. The van der Waals surface area contributed by atoms with Gasteiger partial charge in [0.05, 0.1) is 19.3 Å². The average molecular weight is 225 g/mol. The number of nitriles is 1. The number of nitrogens with zero attached hydrogens (tertiary/aromatic N) is 3. The van der Waals surface area contributed by atoms with E-state index in [-0.39, 0.29) is 6.61 Å². The van der Waals surface area contributed by atoms with E-state index in [1.165, 1.54) is 0 Å². The van der Waals surface area contributed by atoms with Crippen LogP contribution in [0.1, 0.15) is 25.6 Å². The number of methoxy groups -OCH3 is 1. The van der Waals surface area contributed by atoms with E-state index in [4.69, 9.17) is 19.3 Å². The van der Waals surface area contributed by atoms with Crippen molar-refractivity contribution in [3.05, 3.63) is 11.7 Å². The van der Waals surface area contributed by atoms with E-state index in [1.807, 2.05) is 0 Å². The molecule has 0 aromatic carbocycles. The third-order valence-corrected chi connectivity index (χ3v) is 1.95. The van der Waals surface area contributed by atoms with E-state index in [0.29, 0.717) is 24.9 Å². The van der Waals surface area contributed by atoms with Gasteiger partial charge in [0.15, 0.2) is 5.82 Å². The summed E-state index contributed by atoms with van der Waals surface area (Å²) in [5.41, 5.74) is -0.766. The lowest BCUT2D eigenvalue weighted by Gasteiger charge is -2.06. The quantitative estimate of drug-likeness (QED) is 0.672. The highest BCUT2D eigenvalue weighted by Gasteiger charge is 2.27. The van der Waals surface area contributed by atoms with Gasteiger partial charge in [-0.2, -0.15) is 10.2 Å². The van der Waals surface area contributed by atoms with Crippen molar-refractivity contribution in [1.82, 2.24) is 10.1 Å². The lowest BCUT2D eigenvalue weighted by atomic mass is 9.96. The first-order chi connectivity index (χ1) is 7.60. The average Bonchev–Trinajstić information content (AvgIpc) is 2.74. The van der Waals surface area contributed by atoms with Crippen LogP contribution in [0.4, 0.5) is 0 Å². The minimum Gasteiger partial charge on any atom is -0.382 e. The van der Waals surface area contributed by atoms with E-state index in [9.17, 15) is 0 Å². The molecule has 0 aliphatic heterocycles. The van der Waals surface area contributed by atoms with Crippen LogP contribution in [0, 0.1) is 11.3 Å². The molecule has 1 rings (SSSR count). The molecule has 0 saturated heterocycles. The van der Waals surface area contributed by atoms with Crippen molar-refractivity contribution in [1.29, 1.82) is 5.26 Å². The van der Waals surface area contributed by atoms with Gasteiger partial charge in [0, 0.05) is 7.11 Å². The minimum absolute atomic E-state index is 0.258. The maximum absolute atomic E-state index is 8.88. The zero-order valence-electron chi connectivity index (χ0n) is 9.69. The number of aromatic nitrogens is 2. The molecule has 0 bridgehead atoms. The zero-order chi connectivity index (χ0) is 12.0. The van der Waals surface area contributed by atoms with Crippen molar-refractivity contribution in [2.24, 2.45) is 0 Å². The van der Waals surface area contributed by atoms with Crippen molar-refractivity contribution in [2.75, 3.05) is 20.3 Å². The highest BCUT2D eigenvalue weighted by atomic mass is 16.5. The molecule has 0 aliphatic rings. The summed E-state index contributed by atoms with van der Waals surface area (Å²) in [6.45, 7) is 4.69. The lowest BCUT2D eigenvalue weighted by molar-refractivity contribution is 0.0577. The fourth-order valence-corrected chi connectivity index (χ4v) is 0.920. The highest BCUT2D eigenvalue weighted by Crippen LogP contribution is 2.19. The molecule has 88 valence electrons. The molecule has 0 aliphatic carbocycles. The van der Waals surface area contributed by atoms with Crippen LogP contribution in [-0.2, 0) is 21.5 Å². The summed E-state index contributed by atoms with van der Waals surface area (Å²) in [5, 5.41) is 12.6. The Balaban J connectivity index is 2.50. The summed E-state index contributed by atoms with van der Waals surface area (Å²) in [5.74, 6) is 0.745. The monoisotopic (exact) mass is 225 g/mol. The van der Waals surface area contributed by atoms with Crippen molar-refractivity contribution in [3.8, 4) is 6.07 Å². The second-order valence-electron chi connectivity index (χ2n) is 3.80. The second-order valence-corrected chi connectivity index (χ2v) is 3.80. The molecule has 0 amide bonds. The molecule has 6 heteroatoms. The normalized spacial score (nSPS) is 11.4. The van der Waals surface area contributed by atoms with E-state index >= 15 is 0 Å². The predicted molar refractivity (Wildman–Crippen MR) is 54.5 cm³/mol. The summed E-state index contributed by atoms with van der Waals surface area (Å²) in [6, 6.07) is 2.09. The molecule has 0 atom stereocenters. The first-order valence-corrected chi connectivity index (χ1v) is 4.91. The van der Waals surface area contributed by atoms with Crippen LogP contribution in [-0.4, -0.2) is 30.5 Å². The fourth-order valence-electron chi connectivity index (χ4n) is 0.920. The molecule has 1 heterocycles. The van der Waals surface area contributed by atoms with Crippen molar-refractivity contribution < 1.29 is 14.0 Å². The number of hydrogen-bond acceptors (Lipinski definition) is 6. The third-order valence-electron chi connectivity index (χ3n) is 1.95. The molecule has 0 saturated carbocycles. The first-order valence-electron chi connectivity index (χ1n) is 4.91. The van der Waals surface area contributed by atoms with E-state index in [0.717, 1.165) is 0 Å². The van der Waals surface area contributed by atoms with Gasteiger partial charge >= 0.3 is 0 Å². The summed E-state index contributed by atoms with van der Waals surface area (Å²) < 4.78 is 15.0. The zero-order valence-corrected chi connectivity index (χ0v) is 9.69. The summed E-state index contributed by atoms with van der Waals surface area (Å²) in [6.07, 6.45) is 0. The Kier molecular flexibility index (Phi) is 4.40. The molecule has 16 heavy (non-hydrogen) atoms. The van der Waals surface area contributed by atoms with Gasteiger partial charge in [-0.1, -0.05) is 5.16 Å². The van der Waals surface area contributed by atoms with Crippen LogP contribution >= 0.6 is 0 Å². The Labute approximate surface area is 94.2 Å². The summed E-state index contributed by atoms with van der Waals surface area (Å²) >= 11 is 0. The van der Waals surface area contributed by atoms with E-state index in [1.54, 1.807) is 21.0 Å². The minimum atomic E-state index is -0.766. The van der Waals surface area contributed by atoms with E-state index in [2.05, 4.69) is 16.2 Å². The van der Waals surface area contributed by atoms with Crippen LogP contribution in [0.25, 0.3) is 0 Å². The van der Waals surface area contributed by atoms with Crippen molar-refractivity contribution in [2.45, 2.75) is 25.9 Å². The maximum atomic E-state index is 8.88. The van der Waals surface area contributed by atoms with Crippen LogP contribution in [0.15, 0.2) is 4.52 Å².